The number of hydrogen-bond donors (Lipinski definition) is 1. The van der Waals surface area contributed by atoms with Crippen molar-refractivity contribution >= 4 is 11.9 Å². The normalized spacial score (nSPS) is 15.0. The number of benzene rings is 1. The molecular weight excluding hydrogens is 352 g/mol. The predicted molar refractivity (Wildman–Crippen MR) is 111 cm³/mol. The molecule has 0 spiro atoms. The summed E-state index contributed by atoms with van der Waals surface area (Å²) in [5.41, 5.74) is 3.60. The van der Waals surface area contributed by atoms with E-state index < -0.39 is 0 Å². The summed E-state index contributed by atoms with van der Waals surface area (Å²) in [6.07, 6.45) is 4.16. The number of phenolic OH excluding ortho intramolecular Hbond substituents is 1. The lowest BCUT2D eigenvalue weighted by Gasteiger charge is -2.35. The molecule has 6 nitrogen and oxygen atoms in total. The Labute approximate surface area is 166 Å². The number of nitrogens with zero attached hydrogens (tertiary/aromatic N) is 4. The van der Waals surface area contributed by atoms with Gasteiger partial charge in [0.1, 0.15) is 11.9 Å². The van der Waals surface area contributed by atoms with Gasteiger partial charge in [0.15, 0.2) is 11.5 Å². The first-order valence-electron chi connectivity index (χ1n) is 9.41. The van der Waals surface area contributed by atoms with E-state index >= 15 is 0 Å². The lowest BCUT2D eigenvalue weighted by atomic mass is 10.1. The highest BCUT2D eigenvalue weighted by molar-refractivity contribution is 5.58. The van der Waals surface area contributed by atoms with E-state index in [0.717, 1.165) is 55.4 Å². The molecule has 1 aromatic carbocycles. The fraction of sp³-hybridized carbons (Fsp3) is 0.364. The first-order chi connectivity index (χ1) is 13.5. The van der Waals surface area contributed by atoms with Gasteiger partial charge in [-0.15, -0.1) is 0 Å². The molecule has 0 unspecified atom stereocenters. The molecule has 1 aliphatic rings. The number of aryl methyl sites for hydroxylation is 2. The van der Waals surface area contributed by atoms with Crippen LogP contribution in [0.25, 0.3) is 6.08 Å². The Bertz CT molecular complexity index is 909. The summed E-state index contributed by atoms with van der Waals surface area (Å²) in [5.74, 6) is 1.43. The summed E-state index contributed by atoms with van der Waals surface area (Å²) in [7, 11) is 1.55. The highest BCUT2D eigenvalue weighted by Gasteiger charge is 2.21. The van der Waals surface area contributed by atoms with Crippen molar-refractivity contribution in [1.29, 1.82) is 5.26 Å². The van der Waals surface area contributed by atoms with Crippen molar-refractivity contribution in [2.75, 3.05) is 44.7 Å². The molecule has 1 aliphatic heterocycles. The number of methoxy groups -OCH3 is 1. The molecule has 2 aromatic rings. The van der Waals surface area contributed by atoms with Crippen LogP contribution < -0.4 is 9.64 Å². The van der Waals surface area contributed by atoms with Crippen LogP contribution in [0.15, 0.2) is 30.3 Å². The molecular formula is C22H26N4O2. The third-order valence-corrected chi connectivity index (χ3v) is 4.99. The Hall–Kier alpha value is -3.04. The molecule has 1 saturated heterocycles. The van der Waals surface area contributed by atoms with Crippen molar-refractivity contribution in [3.8, 4) is 17.6 Å². The van der Waals surface area contributed by atoms with Crippen LogP contribution in [0.1, 0.15) is 22.4 Å². The van der Waals surface area contributed by atoms with Gasteiger partial charge in [0.05, 0.1) is 12.7 Å². The summed E-state index contributed by atoms with van der Waals surface area (Å²) in [4.78, 5) is 9.20. The minimum atomic E-state index is 0.146. The highest BCUT2D eigenvalue weighted by Crippen LogP contribution is 2.27. The van der Waals surface area contributed by atoms with Crippen molar-refractivity contribution in [3.05, 3.63) is 52.7 Å². The Balaban J connectivity index is 1.59. The Morgan fingerprint density at radius 2 is 1.96 bits per heavy atom. The molecule has 0 amide bonds. The van der Waals surface area contributed by atoms with Crippen molar-refractivity contribution in [2.24, 2.45) is 0 Å². The zero-order valence-corrected chi connectivity index (χ0v) is 16.6. The van der Waals surface area contributed by atoms with Crippen LogP contribution >= 0.6 is 0 Å². The van der Waals surface area contributed by atoms with Gasteiger partial charge in [-0.3, -0.25) is 4.90 Å². The smallest absolute Gasteiger partial charge is 0.161 e. The Kier molecular flexibility index (Phi) is 6.17. The van der Waals surface area contributed by atoms with Crippen LogP contribution in [0.4, 0.5) is 5.82 Å². The van der Waals surface area contributed by atoms with Crippen molar-refractivity contribution in [2.45, 2.75) is 13.8 Å². The fourth-order valence-corrected chi connectivity index (χ4v) is 3.46. The molecule has 2 heterocycles. The lowest BCUT2D eigenvalue weighted by Crippen LogP contribution is -2.47. The molecule has 1 fully saturated rings. The summed E-state index contributed by atoms with van der Waals surface area (Å²) in [6, 6.07) is 9.59. The molecule has 0 bridgehead atoms. The quantitative estimate of drug-likeness (QED) is 0.862. The van der Waals surface area contributed by atoms with Gasteiger partial charge in [-0.25, -0.2) is 4.98 Å². The van der Waals surface area contributed by atoms with Gasteiger partial charge < -0.3 is 14.7 Å². The second kappa shape index (κ2) is 8.77. The maximum Gasteiger partial charge on any atom is 0.161 e. The molecule has 0 atom stereocenters. The van der Waals surface area contributed by atoms with Gasteiger partial charge in [0.2, 0.25) is 0 Å². The second-order valence-electron chi connectivity index (χ2n) is 7.01. The molecule has 0 radical (unpaired) electrons. The number of aromatic nitrogens is 1. The molecule has 0 saturated carbocycles. The molecule has 0 aliphatic carbocycles. The van der Waals surface area contributed by atoms with Crippen LogP contribution in [0, 0.1) is 25.2 Å². The van der Waals surface area contributed by atoms with Crippen LogP contribution in [0.5, 0.6) is 11.5 Å². The maximum absolute atomic E-state index is 9.67. The highest BCUT2D eigenvalue weighted by atomic mass is 16.5. The van der Waals surface area contributed by atoms with Gasteiger partial charge in [0.25, 0.3) is 0 Å². The van der Waals surface area contributed by atoms with Crippen LogP contribution in [0.3, 0.4) is 0 Å². The number of piperazine rings is 1. The first-order valence-corrected chi connectivity index (χ1v) is 9.41. The number of pyridine rings is 1. The zero-order chi connectivity index (χ0) is 20.1. The number of nitriles is 1. The van der Waals surface area contributed by atoms with Gasteiger partial charge in [-0.1, -0.05) is 18.2 Å². The molecule has 28 heavy (non-hydrogen) atoms. The second-order valence-corrected chi connectivity index (χ2v) is 7.01. The summed E-state index contributed by atoms with van der Waals surface area (Å²) in [5, 5.41) is 19.2. The van der Waals surface area contributed by atoms with Crippen LogP contribution in [-0.4, -0.2) is 54.8 Å². The molecule has 3 rings (SSSR count). The van der Waals surface area contributed by atoms with E-state index in [1.54, 1.807) is 13.2 Å². The number of anilines is 1. The molecule has 6 heteroatoms. The van der Waals surface area contributed by atoms with E-state index in [-0.39, 0.29) is 5.75 Å². The molecule has 1 N–H and O–H groups in total. The topological polar surface area (TPSA) is 72.6 Å². The van der Waals surface area contributed by atoms with Crippen molar-refractivity contribution in [1.82, 2.24) is 9.88 Å². The minimum Gasteiger partial charge on any atom is -0.504 e. The van der Waals surface area contributed by atoms with E-state index in [1.807, 2.05) is 38.1 Å². The Morgan fingerprint density at radius 1 is 1.21 bits per heavy atom. The SMILES string of the molecule is COc1cc(C=CCN2CCN(c3nc(C)cc(C)c3C#N)CC2)ccc1O. The predicted octanol–water partition coefficient (Wildman–Crippen LogP) is 3.12. The standard InChI is InChI=1S/C22H26N4O2/c1-16-13-17(2)24-22(19(16)15-23)26-11-9-25(10-12-26)8-4-5-18-6-7-20(27)21(14-18)28-3/h4-7,13-14,27H,8-12H2,1-3H3. The minimum absolute atomic E-state index is 0.146. The Morgan fingerprint density at radius 3 is 2.64 bits per heavy atom. The third kappa shape index (κ3) is 4.44. The number of hydrogen-bond acceptors (Lipinski definition) is 6. The molecule has 146 valence electrons. The van der Waals surface area contributed by atoms with E-state index in [4.69, 9.17) is 4.74 Å². The summed E-state index contributed by atoms with van der Waals surface area (Å²) in [6.45, 7) is 8.33. The monoisotopic (exact) mass is 378 g/mol. The van der Waals surface area contributed by atoms with E-state index in [1.165, 1.54) is 0 Å². The van der Waals surface area contributed by atoms with Gasteiger partial charge >= 0.3 is 0 Å². The van der Waals surface area contributed by atoms with E-state index in [2.05, 4.69) is 26.9 Å². The number of rotatable bonds is 5. The first kappa shape index (κ1) is 19.7. The molecule has 1 aromatic heterocycles. The maximum atomic E-state index is 9.67. The van der Waals surface area contributed by atoms with Crippen molar-refractivity contribution in [3.63, 3.8) is 0 Å². The summed E-state index contributed by atoms with van der Waals surface area (Å²) < 4.78 is 5.14. The summed E-state index contributed by atoms with van der Waals surface area (Å²) >= 11 is 0. The zero-order valence-electron chi connectivity index (χ0n) is 16.6. The van der Waals surface area contributed by atoms with Gasteiger partial charge in [0, 0.05) is 38.4 Å². The van der Waals surface area contributed by atoms with Gasteiger partial charge in [-0.2, -0.15) is 5.26 Å². The number of phenols is 1. The van der Waals surface area contributed by atoms with Crippen molar-refractivity contribution < 1.29 is 9.84 Å². The van der Waals surface area contributed by atoms with Gasteiger partial charge in [-0.05, 0) is 43.2 Å². The lowest BCUT2D eigenvalue weighted by molar-refractivity contribution is 0.283. The van der Waals surface area contributed by atoms with Crippen LogP contribution in [0.2, 0.25) is 0 Å². The number of aromatic hydroxyl groups is 1. The van der Waals surface area contributed by atoms with Crippen LogP contribution in [-0.2, 0) is 0 Å². The largest absolute Gasteiger partial charge is 0.504 e. The fourth-order valence-electron chi connectivity index (χ4n) is 3.46. The average Bonchev–Trinajstić information content (AvgIpc) is 2.69. The van der Waals surface area contributed by atoms with E-state index in [9.17, 15) is 10.4 Å². The third-order valence-electron chi connectivity index (χ3n) is 4.99. The average molecular weight is 378 g/mol. The number of ether oxygens (including phenoxy) is 1. The van der Waals surface area contributed by atoms with E-state index in [0.29, 0.717) is 11.3 Å².